The molecule has 14 heavy (non-hydrogen) atoms. The lowest BCUT2D eigenvalue weighted by atomic mass is 10.3. The predicted molar refractivity (Wildman–Crippen MR) is 62.2 cm³/mol. The van der Waals surface area contributed by atoms with Crippen LogP contribution in [-0.4, -0.2) is 19.7 Å². The molecule has 0 aliphatic rings. The SMILES string of the molecule is CC(=NS(=O)C(C)(C)C)c1nccs1. The van der Waals surface area contributed by atoms with Crippen LogP contribution in [0.5, 0.6) is 0 Å². The van der Waals surface area contributed by atoms with E-state index in [9.17, 15) is 4.21 Å². The van der Waals surface area contributed by atoms with E-state index < -0.39 is 11.0 Å². The molecule has 0 aromatic carbocycles. The quantitative estimate of drug-likeness (QED) is 0.732. The van der Waals surface area contributed by atoms with E-state index in [-0.39, 0.29) is 4.75 Å². The van der Waals surface area contributed by atoms with E-state index in [2.05, 4.69) is 9.38 Å². The molecule has 1 unspecified atom stereocenters. The first-order valence-corrected chi connectivity index (χ1v) is 6.27. The fourth-order valence-electron chi connectivity index (χ4n) is 0.702. The van der Waals surface area contributed by atoms with Crippen molar-refractivity contribution in [2.24, 2.45) is 4.40 Å². The molecule has 3 nitrogen and oxygen atoms in total. The summed E-state index contributed by atoms with van der Waals surface area (Å²) in [5, 5.41) is 2.72. The zero-order chi connectivity index (χ0) is 10.8. The molecule has 0 saturated heterocycles. The molecule has 1 atom stereocenters. The van der Waals surface area contributed by atoms with Gasteiger partial charge in [-0.25, -0.2) is 9.19 Å². The minimum absolute atomic E-state index is 0.307. The molecular weight excluding hydrogens is 216 g/mol. The molecule has 0 aliphatic heterocycles. The van der Waals surface area contributed by atoms with Gasteiger partial charge in [0.25, 0.3) is 0 Å². The fourth-order valence-corrected chi connectivity index (χ4v) is 1.96. The summed E-state index contributed by atoms with van der Waals surface area (Å²) in [6.45, 7) is 7.55. The van der Waals surface area contributed by atoms with Gasteiger partial charge >= 0.3 is 0 Å². The van der Waals surface area contributed by atoms with Crippen molar-refractivity contribution in [3.63, 3.8) is 0 Å². The molecule has 0 amide bonds. The molecular formula is C9H14N2OS2. The van der Waals surface area contributed by atoms with Crippen molar-refractivity contribution in [1.82, 2.24) is 4.98 Å². The Morgan fingerprint density at radius 1 is 1.57 bits per heavy atom. The first-order valence-electron chi connectivity index (χ1n) is 4.28. The van der Waals surface area contributed by atoms with Gasteiger partial charge in [0, 0.05) is 11.6 Å². The Kier molecular flexibility index (Phi) is 3.55. The third-order valence-electron chi connectivity index (χ3n) is 1.49. The standard InChI is InChI=1S/C9H14N2OS2/c1-7(8-10-5-6-13-8)11-14(12)9(2,3)4/h5-6H,1-4H3. The predicted octanol–water partition coefficient (Wildman–Crippen LogP) is 2.41. The number of rotatable bonds is 2. The third kappa shape index (κ3) is 2.99. The Labute approximate surface area is 90.9 Å². The van der Waals surface area contributed by atoms with Crippen LogP contribution < -0.4 is 0 Å². The molecule has 1 rings (SSSR count). The van der Waals surface area contributed by atoms with Crippen LogP contribution in [-0.2, 0) is 11.0 Å². The molecule has 1 heterocycles. The van der Waals surface area contributed by atoms with Gasteiger partial charge in [0.1, 0.15) is 16.0 Å². The van der Waals surface area contributed by atoms with Crippen molar-refractivity contribution in [3.8, 4) is 0 Å². The summed E-state index contributed by atoms with van der Waals surface area (Å²) >= 11 is 1.51. The maximum atomic E-state index is 11.7. The minimum Gasteiger partial charge on any atom is -0.243 e. The highest BCUT2D eigenvalue weighted by Crippen LogP contribution is 2.14. The summed E-state index contributed by atoms with van der Waals surface area (Å²) in [5.41, 5.74) is 0.744. The highest BCUT2D eigenvalue weighted by Gasteiger charge is 2.19. The van der Waals surface area contributed by atoms with Gasteiger partial charge in [-0.1, -0.05) is 0 Å². The number of thiazole rings is 1. The summed E-state index contributed by atoms with van der Waals surface area (Å²) in [4.78, 5) is 4.10. The van der Waals surface area contributed by atoms with Gasteiger partial charge in [0.15, 0.2) is 0 Å². The van der Waals surface area contributed by atoms with Crippen molar-refractivity contribution in [2.45, 2.75) is 32.4 Å². The van der Waals surface area contributed by atoms with E-state index in [4.69, 9.17) is 0 Å². The van der Waals surface area contributed by atoms with Crippen LogP contribution in [0.1, 0.15) is 32.7 Å². The largest absolute Gasteiger partial charge is 0.243 e. The van der Waals surface area contributed by atoms with Crippen molar-refractivity contribution in [3.05, 3.63) is 16.6 Å². The van der Waals surface area contributed by atoms with Gasteiger partial charge in [-0.3, -0.25) is 0 Å². The van der Waals surface area contributed by atoms with Gasteiger partial charge in [-0.2, -0.15) is 4.40 Å². The summed E-state index contributed by atoms with van der Waals surface area (Å²) in [7, 11) is -1.20. The lowest BCUT2D eigenvalue weighted by molar-refractivity contribution is 0.650. The summed E-state index contributed by atoms with van der Waals surface area (Å²) in [6.07, 6.45) is 1.72. The second kappa shape index (κ2) is 4.31. The second-order valence-electron chi connectivity index (χ2n) is 3.88. The smallest absolute Gasteiger partial charge is 0.145 e. The molecule has 0 saturated carbocycles. The Balaban J connectivity index is 2.85. The average Bonchev–Trinajstić information content (AvgIpc) is 2.53. The van der Waals surface area contributed by atoms with Crippen LogP contribution in [0.3, 0.4) is 0 Å². The zero-order valence-electron chi connectivity index (χ0n) is 8.77. The summed E-state index contributed by atoms with van der Waals surface area (Å²) in [5.74, 6) is 0. The van der Waals surface area contributed by atoms with E-state index in [0.29, 0.717) is 0 Å². The summed E-state index contributed by atoms with van der Waals surface area (Å²) in [6, 6.07) is 0. The Morgan fingerprint density at radius 3 is 2.64 bits per heavy atom. The Hall–Kier alpha value is -0.550. The highest BCUT2D eigenvalue weighted by molar-refractivity contribution is 7.85. The number of hydrogen-bond acceptors (Lipinski definition) is 3. The fraction of sp³-hybridized carbons (Fsp3) is 0.556. The lowest BCUT2D eigenvalue weighted by Crippen LogP contribution is -2.20. The van der Waals surface area contributed by atoms with E-state index >= 15 is 0 Å². The Bertz CT molecular complexity index is 349. The maximum Gasteiger partial charge on any atom is 0.145 e. The number of nitrogens with zero attached hydrogens (tertiary/aromatic N) is 2. The highest BCUT2D eigenvalue weighted by atomic mass is 32.2. The molecule has 1 aromatic heterocycles. The first-order chi connectivity index (χ1) is 6.41. The van der Waals surface area contributed by atoms with Crippen molar-refractivity contribution in [2.75, 3.05) is 0 Å². The third-order valence-corrected chi connectivity index (χ3v) is 3.85. The van der Waals surface area contributed by atoms with Crippen LogP contribution in [0.4, 0.5) is 0 Å². The monoisotopic (exact) mass is 230 g/mol. The van der Waals surface area contributed by atoms with Crippen molar-refractivity contribution in [1.29, 1.82) is 0 Å². The normalized spacial score (nSPS) is 15.6. The van der Waals surface area contributed by atoms with E-state index in [1.54, 1.807) is 6.20 Å². The van der Waals surface area contributed by atoms with Gasteiger partial charge in [0.2, 0.25) is 0 Å². The van der Waals surface area contributed by atoms with Gasteiger partial charge < -0.3 is 0 Å². The van der Waals surface area contributed by atoms with Crippen LogP contribution in [0, 0.1) is 0 Å². The van der Waals surface area contributed by atoms with Crippen molar-refractivity contribution < 1.29 is 4.21 Å². The molecule has 0 radical (unpaired) electrons. The Morgan fingerprint density at radius 2 is 2.21 bits per heavy atom. The van der Waals surface area contributed by atoms with Crippen LogP contribution in [0.2, 0.25) is 0 Å². The molecule has 0 bridgehead atoms. The molecule has 78 valence electrons. The maximum absolute atomic E-state index is 11.7. The topological polar surface area (TPSA) is 42.3 Å². The minimum atomic E-state index is -1.20. The van der Waals surface area contributed by atoms with Crippen molar-refractivity contribution >= 4 is 28.0 Å². The zero-order valence-corrected chi connectivity index (χ0v) is 10.4. The summed E-state index contributed by atoms with van der Waals surface area (Å²) < 4.78 is 15.5. The molecule has 0 fully saturated rings. The van der Waals surface area contributed by atoms with Crippen LogP contribution in [0.25, 0.3) is 0 Å². The molecule has 0 aliphatic carbocycles. The van der Waals surface area contributed by atoms with E-state index in [1.807, 2.05) is 33.1 Å². The molecule has 0 spiro atoms. The van der Waals surface area contributed by atoms with E-state index in [1.165, 1.54) is 11.3 Å². The molecule has 0 N–H and O–H groups in total. The number of hydrogen-bond donors (Lipinski definition) is 0. The van der Waals surface area contributed by atoms with Gasteiger partial charge in [0.05, 0.1) is 10.5 Å². The van der Waals surface area contributed by atoms with E-state index in [0.717, 1.165) is 10.7 Å². The first kappa shape index (κ1) is 11.5. The van der Waals surface area contributed by atoms with Gasteiger partial charge in [-0.05, 0) is 27.7 Å². The van der Waals surface area contributed by atoms with Crippen LogP contribution in [0.15, 0.2) is 16.0 Å². The lowest BCUT2D eigenvalue weighted by Gasteiger charge is -2.13. The van der Waals surface area contributed by atoms with Crippen LogP contribution >= 0.6 is 11.3 Å². The number of aromatic nitrogens is 1. The molecule has 5 heteroatoms. The molecule has 1 aromatic rings. The average molecular weight is 230 g/mol. The second-order valence-corrected chi connectivity index (χ2v) is 6.68. The van der Waals surface area contributed by atoms with Gasteiger partial charge in [-0.15, -0.1) is 11.3 Å².